The third kappa shape index (κ3) is 6.56. The number of unbranched alkanes of at least 4 members (excludes halogenated alkanes) is 2. The number of ether oxygens (including phenoxy) is 1. The van der Waals surface area contributed by atoms with Crippen molar-refractivity contribution in [2.75, 3.05) is 19.7 Å². The Morgan fingerprint density at radius 2 is 2.10 bits per heavy atom. The fourth-order valence-corrected chi connectivity index (χ4v) is 2.95. The Balaban J connectivity index is 2.25. The molecule has 0 bridgehead atoms. The van der Waals surface area contributed by atoms with Crippen molar-refractivity contribution in [3.05, 3.63) is 12.2 Å². The van der Waals surface area contributed by atoms with Gasteiger partial charge in [-0.05, 0) is 32.1 Å². The van der Waals surface area contributed by atoms with E-state index >= 15 is 0 Å². The normalized spacial score (nSPS) is 24.4. The van der Waals surface area contributed by atoms with Crippen molar-refractivity contribution in [2.45, 2.75) is 65.3 Å². The lowest BCUT2D eigenvalue weighted by Crippen LogP contribution is -2.37. The highest BCUT2D eigenvalue weighted by molar-refractivity contribution is 5.69. The van der Waals surface area contributed by atoms with Crippen LogP contribution in [0, 0.1) is 5.92 Å². The number of carbonyl (C=O) groups excluding carboxylic acids is 1. The van der Waals surface area contributed by atoms with Gasteiger partial charge in [-0.25, -0.2) is 0 Å². The van der Waals surface area contributed by atoms with Crippen LogP contribution in [0.1, 0.15) is 59.3 Å². The van der Waals surface area contributed by atoms with E-state index in [0.29, 0.717) is 25.0 Å². The van der Waals surface area contributed by atoms with Crippen LogP contribution in [0.15, 0.2) is 12.2 Å². The molecule has 1 rings (SSSR count). The first kappa shape index (κ1) is 17.2. The number of nitrogens with zero attached hydrogens (tertiary/aromatic N) is 1. The summed E-state index contributed by atoms with van der Waals surface area (Å²) >= 11 is 0. The summed E-state index contributed by atoms with van der Waals surface area (Å²) in [6.45, 7) is 13.2. The van der Waals surface area contributed by atoms with Gasteiger partial charge in [-0.2, -0.15) is 0 Å². The van der Waals surface area contributed by atoms with Crippen LogP contribution in [0.25, 0.3) is 0 Å². The van der Waals surface area contributed by atoms with Gasteiger partial charge < -0.3 is 4.74 Å². The van der Waals surface area contributed by atoms with Crippen LogP contribution in [0.5, 0.6) is 0 Å². The summed E-state index contributed by atoms with van der Waals surface area (Å²) < 4.78 is 5.34. The van der Waals surface area contributed by atoms with Gasteiger partial charge in [0, 0.05) is 25.6 Å². The van der Waals surface area contributed by atoms with Gasteiger partial charge in [0.2, 0.25) is 0 Å². The number of carbonyl (C=O) groups is 1. The molecule has 116 valence electrons. The molecule has 2 atom stereocenters. The predicted molar refractivity (Wildman–Crippen MR) is 83.7 cm³/mol. The fraction of sp³-hybridized carbons (Fsp3) is 0.824. The van der Waals surface area contributed by atoms with Gasteiger partial charge in [-0.1, -0.05) is 38.8 Å². The first-order valence-electron chi connectivity index (χ1n) is 8.09. The summed E-state index contributed by atoms with van der Waals surface area (Å²) in [5.74, 6) is 0.603. The molecule has 3 nitrogen and oxygen atoms in total. The maximum atomic E-state index is 11.6. The molecule has 1 fully saturated rings. The SMILES string of the molecule is C=C1CC(C)CN(CCOC(=O)CCCCC)C(C)C1. The molecule has 0 radical (unpaired) electrons. The zero-order valence-corrected chi connectivity index (χ0v) is 13.5. The molecule has 0 spiro atoms. The molecule has 0 amide bonds. The van der Waals surface area contributed by atoms with E-state index in [2.05, 4.69) is 32.3 Å². The summed E-state index contributed by atoms with van der Waals surface area (Å²) in [7, 11) is 0. The Labute approximate surface area is 124 Å². The van der Waals surface area contributed by atoms with Crippen LogP contribution in [0.4, 0.5) is 0 Å². The van der Waals surface area contributed by atoms with E-state index < -0.39 is 0 Å². The second-order valence-electron chi connectivity index (χ2n) is 6.28. The monoisotopic (exact) mass is 281 g/mol. The highest BCUT2D eigenvalue weighted by Crippen LogP contribution is 2.23. The predicted octanol–water partition coefficient (Wildman–Crippen LogP) is 3.79. The molecule has 3 heteroatoms. The van der Waals surface area contributed by atoms with Crippen LogP contribution in [-0.2, 0) is 9.53 Å². The molecule has 1 aliphatic rings. The quantitative estimate of drug-likeness (QED) is 0.404. The zero-order chi connectivity index (χ0) is 15.0. The van der Waals surface area contributed by atoms with Crippen LogP contribution in [0.2, 0.25) is 0 Å². The molecular formula is C17H31NO2. The van der Waals surface area contributed by atoms with Gasteiger partial charge >= 0.3 is 5.97 Å². The molecule has 1 aliphatic heterocycles. The Kier molecular flexibility index (Phi) is 7.90. The fourth-order valence-electron chi connectivity index (χ4n) is 2.95. The molecule has 0 saturated carbocycles. The molecule has 1 saturated heterocycles. The summed E-state index contributed by atoms with van der Waals surface area (Å²) in [5, 5.41) is 0. The van der Waals surface area contributed by atoms with Crippen molar-refractivity contribution in [1.82, 2.24) is 4.90 Å². The lowest BCUT2D eigenvalue weighted by molar-refractivity contribution is -0.144. The van der Waals surface area contributed by atoms with E-state index in [1.165, 1.54) is 5.57 Å². The number of esters is 1. The van der Waals surface area contributed by atoms with Crippen LogP contribution < -0.4 is 0 Å². The Morgan fingerprint density at radius 1 is 1.35 bits per heavy atom. The number of hydrogen-bond acceptors (Lipinski definition) is 3. The topological polar surface area (TPSA) is 29.5 Å². The third-order valence-electron chi connectivity index (χ3n) is 4.02. The van der Waals surface area contributed by atoms with Crippen molar-refractivity contribution in [3.63, 3.8) is 0 Å². The summed E-state index contributed by atoms with van der Waals surface area (Å²) in [6, 6.07) is 0.506. The number of rotatable bonds is 7. The lowest BCUT2D eigenvalue weighted by Gasteiger charge is -2.27. The highest BCUT2D eigenvalue weighted by atomic mass is 16.5. The first-order chi connectivity index (χ1) is 9.52. The van der Waals surface area contributed by atoms with Gasteiger partial charge in [0.05, 0.1) is 0 Å². The van der Waals surface area contributed by atoms with E-state index in [1.807, 2.05) is 0 Å². The molecule has 2 unspecified atom stereocenters. The summed E-state index contributed by atoms with van der Waals surface area (Å²) in [6.07, 6.45) is 5.95. The minimum Gasteiger partial charge on any atom is -0.464 e. The number of likely N-dealkylation sites (tertiary alicyclic amines) is 1. The Hall–Kier alpha value is -0.830. The van der Waals surface area contributed by atoms with Crippen molar-refractivity contribution in [1.29, 1.82) is 0 Å². The Morgan fingerprint density at radius 3 is 2.80 bits per heavy atom. The van der Waals surface area contributed by atoms with E-state index in [9.17, 15) is 4.79 Å². The van der Waals surface area contributed by atoms with Crippen LogP contribution in [-0.4, -0.2) is 36.6 Å². The molecule has 20 heavy (non-hydrogen) atoms. The van der Waals surface area contributed by atoms with Gasteiger partial charge in [-0.15, -0.1) is 0 Å². The zero-order valence-electron chi connectivity index (χ0n) is 13.5. The van der Waals surface area contributed by atoms with E-state index in [-0.39, 0.29) is 5.97 Å². The van der Waals surface area contributed by atoms with Crippen molar-refractivity contribution >= 4 is 5.97 Å². The molecular weight excluding hydrogens is 250 g/mol. The summed E-state index contributed by atoms with van der Waals surface area (Å²) in [5.41, 5.74) is 1.35. The van der Waals surface area contributed by atoms with Gasteiger partial charge in [-0.3, -0.25) is 9.69 Å². The number of hydrogen-bond donors (Lipinski definition) is 0. The molecule has 1 heterocycles. The average Bonchev–Trinajstić information content (AvgIpc) is 2.48. The molecule has 0 aromatic heterocycles. The van der Waals surface area contributed by atoms with Gasteiger partial charge in [0.25, 0.3) is 0 Å². The van der Waals surface area contributed by atoms with Gasteiger partial charge in [0.15, 0.2) is 0 Å². The maximum Gasteiger partial charge on any atom is 0.305 e. The van der Waals surface area contributed by atoms with Crippen LogP contribution in [0.3, 0.4) is 0 Å². The average molecular weight is 281 g/mol. The molecule has 0 N–H and O–H groups in total. The van der Waals surface area contributed by atoms with E-state index in [1.54, 1.807) is 0 Å². The van der Waals surface area contributed by atoms with Crippen molar-refractivity contribution in [3.8, 4) is 0 Å². The van der Waals surface area contributed by atoms with Crippen molar-refractivity contribution in [2.24, 2.45) is 5.92 Å². The molecule has 0 aromatic rings. The standard InChI is InChI=1S/C17H31NO2/c1-5-6-7-8-17(19)20-10-9-18-13-15(3)11-14(2)12-16(18)4/h15-16H,2,5-13H2,1,3-4H3. The largest absolute Gasteiger partial charge is 0.464 e. The van der Waals surface area contributed by atoms with Gasteiger partial charge in [0.1, 0.15) is 6.61 Å². The summed E-state index contributed by atoms with van der Waals surface area (Å²) in [4.78, 5) is 14.0. The van der Waals surface area contributed by atoms with E-state index in [4.69, 9.17) is 4.74 Å². The van der Waals surface area contributed by atoms with Crippen molar-refractivity contribution < 1.29 is 9.53 Å². The molecule has 0 aliphatic carbocycles. The second kappa shape index (κ2) is 9.17. The highest BCUT2D eigenvalue weighted by Gasteiger charge is 2.22. The first-order valence-corrected chi connectivity index (χ1v) is 8.09. The minimum absolute atomic E-state index is 0.0432. The lowest BCUT2D eigenvalue weighted by atomic mass is 10.0. The van der Waals surface area contributed by atoms with E-state index in [0.717, 1.165) is 45.2 Å². The van der Waals surface area contributed by atoms with Crippen LogP contribution >= 0.6 is 0 Å². The molecule has 0 aromatic carbocycles. The Bertz CT molecular complexity index is 314. The third-order valence-corrected chi connectivity index (χ3v) is 4.02. The minimum atomic E-state index is -0.0432. The second-order valence-corrected chi connectivity index (χ2v) is 6.28. The smallest absolute Gasteiger partial charge is 0.305 e. The maximum absolute atomic E-state index is 11.6.